The molecule has 2 aromatic heterocycles. The maximum Gasteiger partial charge on any atom is 0.332 e. The third-order valence-electron chi connectivity index (χ3n) is 4.76. The number of benzene rings is 2. The largest absolute Gasteiger partial charge is 0.492 e. The maximum absolute atomic E-state index is 13.2. The molecule has 0 fully saturated rings. The highest BCUT2D eigenvalue weighted by molar-refractivity contribution is 5.93. The first-order chi connectivity index (χ1) is 15.5. The van der Waals surface area contributed by atoms with Crippen molar-refractivity contribution < 1.29 is 14.1 Å². The highest BCUT2D eigenvalue weighted by atomic mass is 16.5. The zero-order valence-electron chi connectivity index (χ0n) is 17.6. The van der Waals surface area contributed by atoms with Gasteiger partial charge in [-0.1, -0.05) is 29.4 Å². The number of nitrogens with zero attached hydrogens (tertiary/aromatic N) is 4. The molecule has 32 heavy (non-hydrogen) atoms. The minimum atomic E-state index is -0.655. The van der Waals surface area contributed by atoms with E-state index in [1.165, 1.54) is 4.57 Å². The van der Waals surface area contributed by atoms with E-state index in [9.17, 15) is 14.4 Å². The van der Waals surface area contributed by atoms with E-state index in [1.54, 1.807) is 55.5 Å². The van der Waals surface area contributed by atoms with Gasteiger partial charge in [-0.15, -0.1) is 0 Å². The lowest BCUT2D eigenvalue weighted by molar-refractivity contribution is -0.116. The van der Waals surface area contributed by atoms with Crippen LogP contribution in [0.25, 0.3) is 10.9 Å². The lowest BCUT2D eigenvalue weighted by atomic mass is 10.2. The Bertz CT molecular complexity index is 1400. The molecule has 0 aliphatic heterocycles. The molecule has 0 unspecified atom stereocenters. The molecule has 0 radical (unpaired) electrons. The summed E-state index contributed by atoms with van der Waals surface area (Å²) in [5, 5.41) is 6.76. The van der Waals surface area contributed by atoms with Crippen molar-refractivity contribution in [2.45, 2.75) is 26.9 Å². The van der Waals surface area contributed by atoms with Crippen molar-refractivity contribution >= 4 is 22.5 Å². The smallest absolute Gasteiger partial charge is 0.332 e. The van der Waals surface area contributed by atoms with E-state index in [1.807, 2.05) is 6.92 Å². The van der Waals surface area contributed by atoms with Crippen LogP contribution in [0.1, 0.15) is 18.6 Å². The molecule has 10 heteroatoms. The Morgan fingerprint density at radius 2 is 1.84 bits per heavy atom. The van der Waals surface area contributed by atoms with Crippen molar-refractivity contribution in [3.05, 3.63) is 81.1 Å². The van der Waals surface area contributed by atoms with Gasteiger partial charge in [0.2, 0.25) is 11.8 Å². The lowest BCUT2D eigenvalue weighted by Crippen LogP contribution is -2.42. The average Bonchev–Trinajstić information content (AvgIpc) is 3.20. The van der Waals surface area contributed by atoms with Gasteiger partial charge in [-0.3, -0.25) is 18.7 Å². The van der Waals surface area contributed by atoms with Gasteiger partial charge in [-0.2, -0.15) is 4.98 Å². The molecule has 0 spiro atoms. The summed E-state index contributed by atoms with van der Waals surface area (Å²) < 4.78 is 12.8. The van der Waals surface area contributed by atoms with Crippen LogP contribution >= 0.6 is 0 Å². The van der Waals surface area contributed by atoms with Crippen molar-refractivity contribution in [2.75, 3.05) is 11.9 Å². The number of ether oxygens (including phenoxy) is 1. The van der Waals surface area contributed by atoms with Gasteiger partial charge in [-0.25, -0.2) is 4.79 Å². The second kappa shape index (κ2) is 8.88. The maximum atomic E-state index is 13.2. The fourth-order valence-electron chi connectivity index (χ4n) is 3.39. The van der Waals surface area contributed by atoms with E-state index in [0.29, 0.717) is 34.8 Å². The number of carbonyl (C=O) groups is 1. The van der Waals surface area contributed by atoms with Crippen molar-refractivity contribution in [3.8, 4) is 5.75 Å². The molecule has 0 atom stereocenters. The van der Waals surface area contributed by atoms with Crippen LogP contribution in [-0.2, 0) is 17.9 Å². The molecular formula is C22H21N5O5. The summed E-state index contributed by atoms with van der Waals surface area (Å²) in [5.74, 6) is 0.598. The van der Waals surface area contributed by atoms with Gasteiger partial charge >= 0.3 is 5.69 Å². The Labute approximate surface area is 182 Å². The number of hydrogen-bond acceptors (Lipinski definition) is 7. The third-order valence-corrected chi connectivity index (χ3v) is 4.76. The van der Waals surface area contributed by atoms with Crippen molar-refractivity contribution in [2.24, 2.45) is 0 Å². The van der Waals surface area contributed by atoms with E-state index in [0.717, 1.165) is 4.57 Å². The normalized spacial score (nSPS) is 10.9. The first kappa shape index (κ1) is 21.0. The molecule has 0 saturated carbocycles. The molecule has 0 bridgehead atoms. The monoisotopic (exact) mass is 435 g/mol. The Hall–Kier alpha value is -4.21. The molecule has 2 heterocycles. The molecule has 0 aliphatic rings. The molecule has 0 saturated heterocycles. The summed E-state index contributed by atoms with van der Waals surface area (Å²) in [6, 6.07) is 13.6. The molecule has 0 aliphatic carbocycles. The van der Waals surface area contributed by atoms with Crippen LogP contribution < -0.4 is 21.3 Å². The summed E-state index contributed by atoms with van der Waals surface area (Å²) in [6.45, 7) is 3.43. The average molecular weight is 435 g/mol. The number of hydrogen-bond donors (Lipinski definition) is 1. The predicted octanol–water partition coefficient (Wildman–Crippen LogP) is 1.94. The van der Waals surface area contributed by atoms with Gasteiger partial charge in [0.25, 0.3) is 5.56 Å². The van der Waals surface area contributed by atoms with Crippen molar-refractivity contribution in [1.82, 2.24) is 19.3 Å². The first-order valence-electron chi connectivity index (χ1n) is 10.0. The molecule has 2 aromatic carbocycles. The highest BCUT2D eigenvalue weighted by Gasteiger charge is 2.18. The molecule has 1 amide bonds. The molecule has 4 aromatic rings. The summed E-state index contributed by atoms with van der Waals surface area (Å²) in [5.41, 5.74) is -0.308. The number of nitrogens with one attached hydrogen (secondary N) is 1. The summed E-state index contributed by atoms with van der Waals surface area (Å²) >= 11 is 0. The second-order valence-electron chi connectivity index (χ2n) is 6.99. The van der Waals surface area contributed by atoms with Crippen LogP contribution in [-0.4, -0.2) is 31.8 Å². The van der Waals surface area contributed by atoms with E-state index < -0.39 is 17.2 Å². The molecule has 10 nitrogen and oxygen atoms in total. The number of aromatic nitrogens is 4. The first-order valence-corrected chi connectivity index (χ1v) is 10.0. The van der Waals surface area contributed by atoms with Crippen LogP contribution in [0.4, 0.5) is 5.69 Å². The van der Waals surface area contributed by atoms with Gasteiger partial charge in [0.15, 0.2) is 5.82 Å². The van der Waals surface area contributed by atoms with Crippen LogP contribution in [0.5, 0.6) is 5.75 Å². The van der Waals surface area contributed by atoms with Crippen molar-refractivity contribution in [3.63, 3.8) is 0 Å². The van der Waals surface area contributed by atoms with Crippen LogP contribution in [0.15, 0.2) is 62.6 Å². The number of carbonyl (C=O) groups excluding carboxylic acids is 1. The molecule has 4 rings (SSSR count). The van der Waals surface area contributed by atoms with Gasteiger partial charge in [0.1, 0.15) is 18.8 Å². The fourth-order valence-corrected chi connectivity index (χ4v) is 3.39. The zero-order valence-corrected chi connectivity index (χ0v) is 17.6. The van der Waals surface area contributed by atoms with E-state index in [4.69, 9.17) is 9.26 Å². The predicted molar refractivity (Wildman–Crippen MR) is 117 cm³/mol. The van der Waals surface area contributed by atoms with Crippen LogP contribution in [0.2, 0.25) is 0 Å². The quantitative estimate of drug-likeness (QED) is 0.471. The van der Waals surface area contributed by atoms with Gasteiger partial charge in [0, 0.05) is 0 Å². The van der Waals surface area contributed by atoms with Gasteiger partial charge in [0.05, 0.1) is 23.2 Å². The standard InChI is InChI=1S/C22H21N5O5/c1-3-31-18-11-7-5-9-16(18)24-19(28)12-26-17-10-6-4-8-15(17)21(29)27(22(26)30)13-20-23-14(2)25-32-20/h4-11H,3,12-13H2,1-2H3,(H,24,28). The lowest BCUT2D eigenvalue weighted by Gasteiger charge is -2.14. The molecular weight excluding hydrogens is 414 g/mol. The van der Waals surface area contributed by atoms with Crippen LogP contribution in [0, 0.1) is 6.92 Å². The minimum absolute atomic E-state index is 0.124. The number of fused-ring (bicyclic) bond motifs is 1. The Balaban J connectivity index is 1.73. The number of amides is 1. The highest BCUT2D eigenvalue weighted by Crippen LogP contribution is 2.23. The van der Waals surface area contributed by atoms with Gasteiger partial charge < -0.3 is 14.6 Å². The fraction of sp³-hybridized carbons (Fsp3) is 0.227. The summed E-state index contributed by atoms with van der Waals surface area (Å²) in [7, 11) is 0. The summed E-state index contributed by atoms with van der Waals surface area (Å²) in [4.78, 5) is 43.1. The summed E-state index contributed by atoms with van der Waals surface area (Å²) in [6.07, 6.45) is 0. The molecule has 164 valence electrons. The van der Waals surface area contributed by atoms with Gasteiger partial charge in [-0.05, 0) is 38.1 Å². The number of para-hydroxylation sites is 3. The van der Waals surface area contributed by atoms with Crippen LogP contribution in [0.3, 0.4) is 0 Å². The Morgan fingerprint density at radius 3 is 2.59 bits per heavy atom. The zero-order chi connectivity index (χ0) is 22.7. The Kier molecular flexibility index (Phi) is 5.84. The molecule has 1 N–H and O–H groups in total. The third kappa shape index (κ3) is 4.15. The van der Waals surface area contributed by atoms with E-state index >= 15 is 0 Å². The van der Waals surface area contributed by atoms with Crippen molar-refractivity contribution in [1.29, 1.82) is 0 Å². The minimum Gasteiger partial charge on any atom is -0.492 e. The number of rotatable bonds is 7. The van der Waals surface area contributed by atoms with E-state index in [2.05, 4.69) is 15.5 Å². The number of anilines is 1. The number of aryl methyl sites for hydroxylation is 1. The topological polar surface area (TPSA) is 121 Å². The SMILES string of the molecule is CCOc1ccccc1NC(=O)Cn1c(=O)n(Cc2nc(C)no2)c(=O)c2ccccc21. The Morgan fingerprint density at radius 1 is 1.09 bits per heavy atom. The second-order valence-corrected chi connectivity index (χ2v) is 6.99. The van der Waals surface area contributed by atoms with E-state index in [-0.39, 0.29) is 19.0 Å².